The summed E-state index contributed by atoms with van der Waals surface area (Å²) < 4.78 is 10.7. The lowest BCUT2D eigenvalue weighted by Gasteiger charge is -2.34. The fraction of sp³-hybridized carbons (Fsp3) is 0.182. The lowest BCUT2D eigenvalue weighted by Crippen LogP contribution is -2.48. The van der Waals surface area contributed by atoms with Gasteiger partial charge in [-0.1, -0.05) is 0 Å². The molecule has 3 aromatic heterocycles. The lowest BCUT2D eigenvalue weighted by atomic mass is 10.0. The number of anilines is 1. The van der Waals surface area contributed by atoms with E-state index in [-0.39, 0.29) is 17.5 Å². The van der Waals surface area contributed by atoms with Crippen molar-refractivity contribution in [3.63, 3.8) is 0 Å². The number of piperazine rings is 1. The summed E-state index contributed by atoms with van der Waals surface area (Å²) >= 11 is 0. The van der Waals surface area contributed by atoms with E-state index in [2.05, 4.69) is 9.88 Å². The summed E-state index contributed by atoms with van der Waals surface area (Å²) in [5, 5.41) is 0.714. The lowest BCUT2D eigenvalue weighted by molar-refractivity contribution is 0.0745. The van der Waals surface area contributed by atoms with E-state index < -0.39 is 0 Å². The number of aromatic amines is 1. The van der Waals surface area contributed by atoms with E-state index in [1.54, 1.807) is 36.7 Å². The van der Waals surface area contributed by atoms with Crippen molar-refractivity contribution in [2.45, 2.75) is 0 Å². The maximum Gasteiger partial charge on any atom is 0.253 e. The van der Waals surface area contributed by atoms with Crippen molar-refractivity contribution in [1.82, 2.24) is 9.88 Å². The van der Waals surface area contributed by atoms with Crippen LogP contribution in [0.2, 0.25) is 0 Å². The third kappa shape index (κ3) is 3.10. The molecule has 1 amide bonds. The van der Waals surface area contributed by atoms with Gasteiger partial charge in [-0.3, -0.25) is 9.59 Å². The molecule has 4 aromatic rings. The number of amides is 1. The standard InChI is InChI=1S/C22H19N3O4/c26-21(19-3-1-11-28-19)17-14-23-18-6-5-15(13-16(17)18)22(27)25-9-7-24(8-10-25)20-4-2-12-29-20/h1-6,11-14,23H,7-10H2. The average Bonchev–Trinajstić information content (AvgIpc) is 3.54. The zero-order chi connectivity index (χ0) is 19.8. The van der Waals surface area contributed by atoms with Gasteiger partial charge in [-0.2, -0.15) is 0 Å². The highest BCUT2D eigenvalue weighted by Gasteiger charge is 2.24. The van der Waals surface area contributed by atoms with E-state index in [0.29, 0.717) is 42.7 Å². The molecule has 0 spiro atoms. The number of H-pyrrole nitrogens is 1. The fourth-order valence-electron chi connectivity index (χ4n) is 3.74. The van der Waals surface area contributed by atoms with E-state index >= 15 is 0 Å². The molecule has 4 heterocycles. The Morgan fingerprint density at radius 3 is 2.45 bits per heavy atom. The first-order valence-corrected chi connectivity index (χ1v) is 9.48. The number of rotatable bonds is 4. The first-order chi connectivity index (χ1) is 14.2. The van der Waals surface area contributed by atoms with Crippen molar-refractivity contribution in [2.24, 2.45) is 0 Å². The molecule has 0 saturated carbocycles. The Hall–Kier alpha value is -3.74. The van der Waals surface area contributed by atoms with Crippen LogP contribution in [0.15, 0.2) is 70.0 Å². The highest BCUT2D eigenvalue weighted by atomic mass is 16.3. The molecule has 0 aliphatic carbocycles. The molecule has 5 rings (SSSR count). The zero-order valence-corrected chi connectivity index (χ0v) is 15.6. The van der Waals surface area contributed by atoms with Gasteiger partial charge in [0.15, 0.2) is 11.6 Å². The van der Waals surface area contributed by atoms with Crippen LogP contribution in [0.1, 0.15) is 26.5 Å². The first kappa shape index (κ1) is 17.4. The maximum absolute atomic E-state index is 13.0. The molecule has 0 radical (unpaired) electrons. The molecule has 7 heteroatoms. The number of hydrogen-bond donors (Lipinski definition) is 1. The molecule has 1 aromatic carbocycles. The summed E-state index contributed by atoms with van der Waals surface area (Å²) in [6.45, 7) is 2.66. The van der Waals surface area contributed by atoms with Gasteiger partial charge in [-0.05, 0) is 36.4 Å². The second-order valence-electron chi connectivity index (χ2n) is 7.00. The highest BCUT2D eigenvalue weighted by molar-refractivity contribution is 6.15. The Morgan fingerprint density at radius 1 is 0.931 bits per heavy atom. The first-order valence-electron chi connectivity index (χ1n) is 9.48. The predicted octanol–water partition coefficient (Wildman–Crippen LogP) is 3.55. The van der Waals surface area contributed by atoms with Crippen molar-refractivity contribution in [1.29, 1.82) is 0 Å². The predicted molar refractivity (Wildman–Crippen MR) is 107 cm³/mol. The molecule has 146 valence electrons. The molecule has 29 heavy (non-hydrogen) atoms. The largest absolute Gasteiger partial charge is 0.461 e. The quantitative estimate of drug-likeness (QED) is 0.540. The molecule has 0 bridgehead atoms. The molecule has 0 atom stereocenters. The number of nitrogens with one attached hydrogen (secondary N) is 1. The highest BCUT2D eigenvalue weighted by Crippen LogP contribution is 2.24. The Kier molecular flexibility index (Phi) is 4.20. The fourth-order valence-corrected chi connectivity index (χ4v) is 3.74. The van der Waals surface area contributed by atoms with Gasteiger partial charge in [0.2, 0.25) is 5.78 Å². The summed E-state index contributed by atoms with van der Waals surface area (Å²) in [6.07, 6.45) is 4.78. The Bertz CT molecular complexity index is 1150. The van der Waals surface area contributed by atoms with Gasteiger partial charge in [0.1, 0.15) is 0 Å². The normalized spacial score (nSPS) is 14.5. The Balaban J connectivity index is 1.37. The number of benzene rings is 1. The number of furan rings is 2. The third-order valence-electron chi connectivity index (χ3n) is 5.30. The minimum absolute atomic E-state index is 0.0383. The molecular weight excluding hydrogens is 370 g/mol. The number of fused-ring (bicyclic) bond motifs is 1. The van der Waals surface area contributed by atoms with Gasteiger partial charge in [0.05, 0.1) is 18.1 Å². The van der Waals surface area contributed by atoms with Gasteiger partial charge in [0.25, 0.3) is 5.91 Å². The van der Waals surface area contributed by atoms with Crippen molar-refractivity contribution in [3.8, 4) is 0 Å². The molecule has 7 nitrogen and oxygen atoms in total. The number of hydrogen-bond acceptors (Lipinski definition) is 5. The van der Waals surface area contributed by atoms with Crippen LogP contribution in [0.5, 0.6) is 0 Å². The van der Waals surface area contributed by atoms with Crippen LogP contribution in [-0.4, -0.2) is 47.8 Å². The number of ketones is 1. The second-order valence-corrected chi connectivity index (χ2v) is 7.00. The van der Waals surface area contributed by atoms with Crippen molar-refractivity contribution >= 4 is 28.5 Å². The van der Waals surface area contributed by atoms with Gasteiger partial charge in [0, 0.05) is 54.9 Å². The van der Waals surface area contributed by atoms with Gasteiger partial charge in [-0.15, -0.1) is 0 Å². The smallest absolute Gasteiger partial charge is 0.253 e. The summed E-state index contributed by atoms with van der Waals surface area (Å²) in [7, 11) is 0. The van der Waals surface area contributed by atoms with Gasteiger partial charge < -0.3 is 23.6 Å². The maximum atomic E-state index is 13.0. The van der Waals surface area contributed by atoms with E-state index in [0.717, 1.165) is 11.4 Å². The Labute approximate surface area is 166 Å². The topological polar surface area (TPSA) is 82.7 Å². The van der Waals surface area contributed by atoms with Crippen LogP contribution in [0, 0.1) is 0 Å². The van der Waals surface area contributed by atoms with E-state index in [1.165, 1.54) is 6.26 Å². The van der Waals surface area contributed by atoms with Crippen molar-refractivity contribution in [2.75, 3.05) is 31.1 Å². The summed E-state index contributed by atoms with van der Waals surface area (Å²) in [6, 6.07) is 12.5. The molecule has 0 unspecified atom stereocenters. The third-order valence-corrected chi connectivity index (χ3v) is 5.30. The van der Waals surface area contributed by atoms with E-state index in [4.69, 9.17) is 8.83 Å². The number of nitrogens with zero attached hydrogens (tertiary/aromatic N) is 2. The van der Waals surface area contributed by atoms with E-state index in [1.807, 2.05) is 23.1 Å². The Morgan fingerprint density at radius 2 is 1.72 bits per heavy atom. The van der Waals surface area contributed by atoms with Crippen LogP contribution < -0.4 is 4.90 Å². The minimum Gasteiger partial charge on any atom is -0.461 e. The van der Waals surface area contributed by atoms with Gasteiger partial charge >= 0.3 is 0 Å². The number of carbonyl (C=O) groups is 2. The van der Waals surface area contributed by atoms with Crippen LogP contribution >= 0.6 is 0 Å². The monoisotopic (exact) mass is 389 g/mol. The molecule has 1 saturated heterocycles. The summed E-state index contributed by atoms with van der Waals surface area (Å²) in [5.41, 5.74) is 1.86. The molecule has 1 N–H and O–H groups in total. The van der Waals surface area contributed by atoms with Crippen molar-refractivity contribution in [3.05, 3.63) is 78.1 Å². The summed E-state index contributed by atoms with van der Waals surface area (Å²) in [4.78, 5) is 32.8. The average molecular weight is 389 g/mol. The van der Waals surface area contributed by atoms with E-state index in [9.17, 15) is 9.59 Å². The zero-order valence-electron chi connectivity index (χ0n) is 15.6. The summed E-state index contributed by atoms with van der Waals surface area (Å²) in [5.74, 6) is 0.852. The van der Waals surface area contributed by atoms with Crippen LogP contribution in [-0.2, 0) is 0 Å². The number of aromatic nitrogens is 1. The minimum atomic E-state index is -0.210. The molecule has 1 aliphatic heterocycles. The molecule has 1 aliphatic rings. The second kappa shape index (κ2) is 7.01. The van der Waals surface area contributed by atoms with Crippen molar-refractivity contribution < 1.29 is 18.4 Å². The van der Waals surface area contributed by atoms with Crippen LogP contribution in [0.4, 0.5) is 5.88 Å². The molecular formula is C22H19N3O4. The van der Waals surface area contributed by atoms with Crippen LogP contribution in [0.3, 0.4) is 0 Å². The van der Waals surface area contributed by atoms with Gasteiger partial charge in [-0.25, -0.2) is 0 Å². The SMILES string of the molecule is O=C(c1ccco1)c1c[nH]c2ccc(C(=O)N3CCN(c4ccco4)CC3)cc12. The molecule has 1 fully saturated rings. The number of carbonyl (C=O) groups excluding carboxylic acids is 2. The van der Waals surface area contributed by atoms with Crippen LogP contribution in [0.25, 0.3) is 10.9 Å².